The Kier molecular flexibility index (Phi) is 4.16. The molecule has 3 heterocycles. The van der Waals surface area contributed by atoms with E-state index in [1.807, 2.05) is 47.4 Å². The Morgan fingerprint density at radius 1 is 1.03 bits per heavy atom. The third kappa shape index (κ3) is 3.20. The van der Waals surface area contributed by atoms with Gasteiger partial charge in [-0.1, -0.05) is 12.1 Å². The maximum atomic E-state index is 13.6. The van der Waals surface area contributed by atoms with Crippen LogP contribution in [0.5, 0.6) is 11.5 Å². The van der Waals surface area contributed by atoms with Crippen molar-refractivity contribution in [1.82, 2.24) is 4.98 Å². The first kappa shape index (κ1) is 18.0. The van der Waals surface area contributed by atoms with E-state index in [4.69, 9.17) is 9.15 Å². The molecule has 2 aromatic carbocycles. The number of carbonyl (C=O) groups is 1. The number of aromatic nitrogens is 1. The van der Waals surface area contributed by atoms with Gasteiger partial charge in [-0.2, -0.15) is 0 Å². The Morgan fingerprint density at radius 3 is 2.77 bits per heavy atom. The largest absolute Gasteiger partial charge is 0.464 e. The molecule has 1 aliphatic heterocycles. The molecule has 2 aromatic heterocycles. The topological polar surface area (TPSA) is 58.8 Å². The molecule has 0 saturated heterocycles. The number of fused-ring (bicyclic) bond motifs is 2. The van der Waals surface area contributed by atoms with Gasteiger partial charge in [0.1, 0.15) is 22.6 Å². The maximum absolute atomic E-state index is 13.6. The molecule has 0 radical (unpaired) electrons. The Labute approximate surface area is 179 Å². The summed E-state index contributed by atoms with van der Waals surface area (Å²) in [6.07, 6.45) is 7.32. The summed E-state index contributed by atoms with van der Waals surface area (Å²) in [5.74, 6) is 0.986. The lowest BCUT2D eigenvalue weighted by molar-refractivity contribution is 0.0984. The minimum atomic E-state index is -0.106. The van der Waals surface area contributed by atoms with Crippen molar-refractivity contribution in [3.63, 3.8) is 0 Å². The van der Waals surface area contributed by atoms with E-state index in [1.54, 1.807) is 24.7 Å². The summed E-state index contributed by atoms with van der Waals surface area (Å²) in [4.78, 5) is 22.1. The third-order valence-corrected chi connectivity index (χ3v) is 5.95. The molecule has 1 amide bonds. The van der Waals surface area contributed by atoms with Crippen molar-refractivity contribution < 1.29 is 13.9 Å². The van der Waals surface area contributed by atoms with E-state index in [9.17, 15) is 4.79 Å². The van der Waals surface area contributed by atoms with Gasteiger partial charge in [0.05, 0.1) is 17.6 Å². The van der Waals surface area contributed by atoms with E-state index >= 15 is 0 Å². The zero-order valence-corrected chi connectivity index (χ0v) is 16.9. The first-order chi connectivity index (χ1) is 15.3. The number of benzene rings is 2. The minimum Gasteiger partial charge on any atom is -0.464 e. The number of hydrogen-bond donors (Lipinski definition) is 0. The molecule has 0 bridgehead atoms. The Hall–Kier alpha value is -3.80. The van der Waals surface area contributed by atoms with Gasteiger partial charge in [0.15, 0.2) is 0 Å². The molecule has 1 fully saturated rings. The quantitative estimate of drug-likeness (QED) is 0.459. The van der Waals surface area contributed by atoms with Crippen molar-refractivity contribution in [2.45, 2.75) is 18.9 Å². The zero-order valence-electron chi connectivity index (χ0n) is 16.9. The number of furan rings is 1. The summed E-state index contributed by atoms with van der Waals surface area (Å²) in [5, 5.41) is 1.00. The highest BCUT2D eigenvalue weighted by atomic mass is 16.5. The molecule has 154 valence electrons. The smallest absolute Gasteiger partial charge is 0.263 e. The van der Waals surface area contributed by atoms with E-state index in [2.05, 4.69) is 16.0 Å². The molecule has 1 saturated carbocycles. The predicted molar refractivity (Wildman–Crippen MR) is 119 cm³/mol. The van der Waals surface area contributed by atoms with Gasteiger partial charge in [0.25, 0.3) is 5.91 Å². The second-order valence-corrected chi connectivity index (χ2v) is 7.96. The second-order valence-electron chi connectivity index (χ2n) is 7.96. The molecule has 0 spiro atoms. The lowest BCUT2D eigenvalue weighted by Crippen LogP contribution is -2.45. The number of nitrogens with zero attached hydrogens (tertiary/aromatic N) is 3. The fraction of sp³-hybridized carbons (Fsp3) is 0.200. The third-order valence-electron chi connectivity index (χ3n) is 5.95. The average Bonchev–Trinajstić information content (AvgIpc) is 3.55. The molecular formula is C25H21N3O3. The van der Waals surface area contributed by atoms with Crippen LogP contribution in [0.1, 0.15) is 23.2 Å². The molecule has 1 aliphatic carbocycles. The van der Waals surface area contributed by atoms with Crippen LogP contribution in [0, 0.1) is 0 Å². The van der Waals surface area contributed by atoms with Crippen molar-refractivity contribution in [1.29, 1.82) is 0 Å². The highest BCUT2D eigenvalue weighted by Crippen LogP contribution is 2.41. The molecule has 0 N–H and O–H groups in total. The lowest BCUT2D eigenvalue weighted by atomic mass is 10.1. The van der Waals surface area contributed by atoms with Crippen LogP contribution in [-0.4, -0.2) is 30.0 Å². The number of ether oxygens (including phenoxy) is 1. The van der Waals surface area contributed by atoms with E-state index < -0.39 is 0 Å². The highest BCUT2D eigenvalue weighted by Gasteiger charge is 2.36. The van der Waals surface area contributed by atoms with Crippen LogP contribution in [0.2, 0.25) is 0 Å². The van der Waals surface area contributed by atoms with Crippen LogP contribution in [0.4, 0.5) is 11.4 Å². The fourth-order valence-electron chi connectivity index (χ4n) is 4.26. The van der Waals surface area contributed by atoms with Crippen LogP contribution < -0.4 is 14.5 Å². The summed E-state index contributed by atoms with van der Waals surface area (Å²) in [7, 11) is 0. The van der Waals surface area contributed by atoms with Gasteiger partial charge in [-0.15, -0.1) is 0 Å². The zero-order chi connectivity index (χ0) is 20.8. The Balaban J connectivity index is 1.33. The highest BCUT2D eigenvalue weighted by molar-refractivity contribution is 6.09. The summed E-state index contributed by atoms with van der Waals surface area (Å²) in [5.41, 5.74) is 3.25. The SMILES string of the molecule is O=C(c1cnccc1Oc1ccc2ccoc2c1)N1CCN(C2CC2)c2ccccc21. The molecular weight excluding hydrogens is 390 g/mol. The van der Waals surface area contributed by atoms with Crippen LogP contribution in [0.15, 0.2) is 77.7 Å². The standard InChI is InChI=1S/C25H21N3O3/c29-25(28-13-12-27(18-6-7-18)21-3-1-2-4-22(21)28)20-16-26-11-9-23(20)31-19-8-5-17-10-14-30-24(17)15-19/h1-5,8-11,14-16,18H,6-7,12-13H2. The predicted octanol–water partition coefficient (Wildman–Crippen LogP) is 5.25. The summed E-state index contributed by atoms with van der Waals surface area (Å²) in [6.45, 7) is 1.47. The van der Waals surface area contributed by atoms with Gasteiger partial charge in [0.2, 0.25) is 0 Å². The van der Waals surface area contributed by atoms with Gasteiger partial charge >= 0.3 is 0 Å². The van der Waals surface area contributed by atoms with Crippen LogP contribution >= 0.6 is 0 Å². The average molecular weight is 411 g/mol. The first-order valence-electron chi connectivity index (χ1n) is 10.5. The van der Waals surface area contributed by atoms with Crippen molar-refractivity contribution in [3.8, 4) is 11.5 Å². The van der Waals surface area contributed by atoms with E-state index in [0.29, 0.717) is 29.6 Å². The van der Waals surface area contributed by atoms with E-state index in [1.165, 1.54) is 12.8 Å². The number of para-hydroxylation sites is 2. The molecule has 6 rings (SSSR count). The van der Waals surface area contributed by atoms with Gasteiger partial charge in [0, 0.05) is 43.0 Å². The monoisotopic (exact) mass is 411 g/mol. The summed E-state index contributed by atoms with van der Waals surface area (Å²) < 4.78 is 11.6. The minimum absolute atomic E-state index is 0.106. The van der Waals surface area contributed by atoms with Crippen LogP contribution in [-0.2, 0) is 0 Å². The lowest BCUT2D eigenvalue weighted by Gasteiger charge is -2.38. The molecule has 0 unspecified atom stereocenters. The molecule has 6 nitrogen and oxygen atoms in total. The number of anilines is 2. The normalized spacial score (nSPS) is 15.7. The Bertz CT molecular complexity index is 1280. The fourth-order valence-corrected chi connectivity index (χ4v) is 4.26. The van der Waals surface area contributed by atoms with Crippen molar-refractivity contribution in [2.75, 3.05) is 22.9 Å². The molecule has 0 atom stereocenters. The molecule has 4 aromatic rings. The van der Waals surface area contributed by atoms with E-state index in [0.717, 1.165) is 28.9 Å². The van der Waals surface area contributed by atoms with Crippen molar-refractivity contribution in [3.05, 3.63) is 78.8 Å². The van der Waals surface area contributed by atoms with Gasteiger partial charge in [-0.25, -0.2) is 0 Å². The number of pyridine rings is 1. The van der Waals surface area contributed by atoms with Gasteiger partial charge in [-0.05, 0) is 49.2 Å². The number of hydrogen-bond acceptors (Lipinski definition) is 5. The molecule has 6 heteroatoms. The second kappa shape index (κ2) is 7.16. The van der Waals surface area contributed by atoms with Gasteiger partial charge < -0.3 is 19.0 Å². The first-order valence-corrected chi connectivity index (χ1v) is 10.5. The number of amides is 1. The molecule has 31 heavy (non-hydrogen) atoms. The number of rotatable bonds is 4. The van der Waals surface area contributed by atoms with Crippen LogP contribution in [0.25, 0.3) is 11.0 Å². The molecule has 2 aliphatic rings. The van der Waals surface area contributed by atoms with E-state index in [-0.39, 0.29) is 5.91 Å². The number of carbonyl (C=O) groups excluding carboxylic acids is 1. The summed E-state index contributed by atoms with van der Waals surface area (Å²) >= 11 is 0. The van der Waals surface area contributed by atoms with Gasteiger partial charge in [-0.3, -0.25) is 9.78 Å². The van der Waals surface area contributed by atoms with Crippen LogP contribution in [0.3, 0.4) is 0 Å². The van der Waals surface area contributed by atoms with Crippen molar-refractivity contribution in [2.24, 2.45) is 0 Å². The summed E-state index contributed by atoms with van der Waals surface area (Å²) in [6, 6.07) is 18.0. The van der Waals surface area contributed by atoms with Crippen molar-refractivity contribution >= 4 is 28.3 Å². The Morgan fingerprint density at radius 2 is 1.90 bits per heavy atom. The maximum Gasteiger partial charge on any atom is 0.263 e.